The molecule has 0 aliphatic rings. The number of nitrogen functional groups attached to an aromatic ring is 1. The van der Waals surface area contributed by atoms with Gasteiger partial charge in [-0.2, -0.15) is 5.10 Å². The molecule has 0 aliphatic carbocycles. The molecule has 4 N–H and O–H groups in total. The summed E-state index contributed by atoms with van der Waals surface area (Å²) in [5.41, 5.74) is 9.63. The van der Waals surface area contributed by atoms with Gasteiger partial charge in [0.1, 0.15) is 0 Å². The molecule has 0 saturated carbocycles. The van der Waals surface area contributed by atoms with Crippen molar-refractivity contribution in [1.29, 1.82) is 0 Å². The van der Waals surface area contributed by atoms with E-state index in [4.69, 9.17) is 28.9 Å². The number of amides is 2. The van der Waals surface area contributed by atoms with Crippen molar-refractivity contribution >= 4 is 52.1 Å². The maximum Gasteiger partial charge on any atom is 0.273 e. The Bertz CT molecular complexity index is 837. The molecule has 0 radical (unpaired) electrons. The smallest absolute Gasteiger partial charge is 0.273 e. The molecule has 2 rings (SSSR count). The van der Waals surface area contributed by atoms with E-state index >= 15 is 0 Å². The normalized spacial score (nSPS) is 11.1. The monoisotopic (exact) mass is 378 g/mol. The molecule has 130 valence electrons. The molecule has 25 heavy (non-hydrogen) atoms. The van der Waals surface area contributed by atoms with Crippen LogP contribution in [0.3, 0.4) is 0 Å². The zero-order valence-corrected chi connectivity index (χ0v) is 14.9. The minimum Gasteiger partial charge on any atom is -0.398 e. The van der Waals surface area contributed by atoms with Crippen LogP contribution >= 0.6 is 23.2 Å². The average Bonchev–Trinajstić information content (AvgIpc) is 2.55. The largest absolute Gasteiger partial charge is 0.398 e. The Hall–Kier alpha value is -2.57. The number of carbonyl (C=O) groups is 2. The Morgan fingerprint density at radius 2 is 1.88 bits per heavy atom. The van der Waals surface area contributed by atoms with Gasteiger partial charge in [0.05, 0.1) is 22.7 Å². The van der Waals surface area contributed by atoms with Crippen molar-refractivity contribution in [1.82, 2.24) is 5.43 Å². The highest BCUT2D eigenvalue weighted by molar-refractivity contribution is 6.36. The first-order chi connectivity index (χ1) is 11.9. The van der Waals surface area contributed by atoms with Gasteiger partial charge in [0, 0.05) is 16.4 Å². The number of carbonyl (C=O) groups excluding carboxylic acids is 2. The summed E-state index contributed by atoms with van der Waals surface area (Å²) in [7, 11) is 0. The summed E-state index contributed by atoms with van der Waals surface area (Å²) in [4.78, 5) is 24.0. The molecular formula is C17H16Cl2N4O2. The molecule has 0 heterocycles. The van der Waals surface area contributed by atoms with Crippen LogP contribution in [0.4, 0.5) is 11.4 Å². The summed E-state index contributed by atoms with van der Waals surface area (Å²) in [6.07, 6.45) is -0.0104. The summed E-state index contributed by atoms with van der Waals surface area (Å²) >= 11 is 11.8. The Morgan fingerprint density at radius 1 is 1.16 bits per heavy atom. The summed E-state index contributed by atoms with van der Waals surface area (Å²) < 4.78 is 0. The SMILES string of the molecule is C/C(CC(=O)Nc1ccc(Cl)cc1Cl)=N/NC(=O)c1ccccc1N. The van der Waals surface area contributed by atoms with Crippen LogP contribution in [0.2, 0.25) is 10.0 Å². The minimum atomic E-state index is -0.446. The Kier molecular flexibility index (Phi) is 6.38. The van der Waals surface area contributed by atoms with Crippen LogP contribution in [0.1, 0.15) is 23.7 Å². The van der Waals surface area contributed by atoms with Crippen molar-refractivity contribution < 1.29 is 9.59 Å². The third kappa shape index (κ3) is 5.48. The number of hydrazone groups is 1. The zero-order chi connectivity index (χ0) is 18.4. The maximum absolute atomic E-state index is 12.0. The van der Waals surface area contributed by atoms with Crippen molar-refractivity contribution in [2.75, 3.05) is 11.1 Å². The second kappa shape index (κ2) is 8.50. The van der Waals surface area contributed by atoms with E-state index in [0.29, 0.717) is 32.7 Å². The number of nitrogens with one attached hydrogen (secondary N) is 2. The van der Waals surface area contributed by atoms with Gasteiger partial charge in [-0.1, -0.05) is 35.3 Å². The fourth-order valence-electron chi connectivity index (χ4n) is 1.97. The van der Waals surface area contributed by atoms with Crippen LogP contribution < -0.4 is 16.5 Å². The summed E-state index contributed by atoms with van der Waals surface area (Å²) in [5, 5.41) is 7.37. The molecule has 0 aliphatic heterocycles. The first-order valence-corrected chi connectivity index (χ1v) is 8.05. The van der Waals surface area contributed by atoms with Gasteiger partial charge < -0.3 is 11.1 Å². The van der Waals surface area contributed by atoms with Crippen LogP contribution in [0.5, 0.6) is 0 Å². The van der Waals surface area contributed by atoms with Crippen molar-refractivity contribution in [2.24, 2.45) is 5.10 Å². The number of hydrogen-bond acceptors (Lipinski definition) is 4. The molecule has 0 saturated heterocycles. The fourth-order valence-corrected chi connectivity index (χ4v) is 2.42. The lowest BCUT2D eigenvalue weighted by Crippen LogP contribution is -2.22. The zero-order valence-electron chi connectivity index (χ0n) is 13.3. The maximum atomic E-state index is 12.0. The van der Waals surface area contributed by atoms with E-state index in [1.807, 2.05) is 0 Å². The Balaban J connectivity index is 1.93. The molecule has 0 unspecified atom stereocenters. The van der Waals surface area contributed by atoms with Gasteiger partial charge >= 0.3 is 0 Å². The quantitative estimate of drug-likeness (QED) is 0.420. The summed E-state index contributed by atoms with van der Waals surface area (Å²) in [6, 6.07) is 11.4. The van der Waals surface area contributed by atoms with Gasteiger partial charge in [0.25, 0.3) is 5.91 Å². The number of rotatable bonds is 5. The highest BCUT2D eigenvalue weighted by Gasteiger charge is 2.10. The van der Waals surface area contributed by atoms with E-state index in [2.05, 4.69) is 15.8 Å². The number of halogens is 2. The van der Waals surface area contributed by atoms with E-state index in [1.54, 1.807) is 43.3 Å². The van der Waals surface area contributed by atoms with Crippen molar-refractivity contribution in [3.63, 3.8) is 0 Å². The Morgan fingerprint density at radius 3 is 2.56 bits per heavy atom. The summed E-state index contributed by atoms with van der Waals surface area (Å²) in [6.45, 7) is 1.62. The summed E-state index contributed by atoms with van der Waals surface area (Å²) in [5.74, 6) is -0.766. The van der Waals surface area contributed by atoms with Gasteiger partial charge in [-0.25, -0.2) is 5.43 Å². The Labute approximate surface area is 155 Å². The predicted octanol–water partition coefficient (Wildman–Crippen LogP) is 3.71. The number of nitrogens with two attached hydrogens (primary N) is 1. The molecule has 0 bridgehead atoms. The third-order valence-corrected chi connectivity index (χ3v) is 3.72. The van der Waals surface area contributed by atoms with Crippen molar-refractivity contribution in [2.45, 2.75) is 13.3 Å². The van der Waals surface area contributed by atoms with Crippen LogP contribution in [0.15, 0.2) is 47.6 Å². The van der Waals surface area contributed by atoms with Crippen LogP contribution in [-0.2, 0) is 4.79 Å². The molecule has 0 fully saturated rings. The lowest BCUT2D eigenvalue weighted by Gasteiger charge is -2.08. The number of para-hydroxylation sites is 1. The first kappa shape index (κ1) is 18.8. The lowest BCUT2D eigenvalue weighted by atomic mass is 10.2. The van der Waals surface area contributed by atoms with Gasteiger partial charge in [-0.05, 0) is 37.3 Å². The molecule has 0 atom stereocenters. The molecule has 0 aromatic heterocycles. The van der Waals surface area contributed by atoms with Gasteiger partial charge in [0.2, 0.25) is 5.91 Å². The lowest BCUT2D eigenvalue weighted by molar-refractivity contribution is -0.115. The van der Waals surface area contributed by atoms with E-state index in [1.165, 1.54) is 6.07 Å². The van der Waals surface area contributed by atoms with Crippen LogP contribution in [0, 0.1) is 0 Å². The minimum absolute atomic E-state index is 0.0104. The molecular weight excluding hydrogens is 363 g/mol. The molecule has 2 aromatic rings. The highest BCUT2D eigenvalue weighted by Crippen LogP contribution is 2.25. The fraction of sp³-hybridized carbons (Fsp3) is 0.118. The van der Waals surface area contributed by atoms with E-state index < -0.39 is 5.91 Å². The second-order valence-electron chi connectivity index (χ2n) is 5.22. The predicted molar refractivity (Wildman–Crippen MR) is 101 cm³/mol. The second-order valence-corrected chi connectivity index (χ2v) is 6.07. The van der Waals surface area contributed by atoms with Gasteiger partial charge in [0.15, 0.2) is 0 Å². The standard InChI is InChI=1S/C17H16Cl2N4O2/c1-10(22-23-17(25)12-4-2-3-5-14(12)20)8-16(24)21-15-7-6-11(18)9-13(15)19/h2-7,9H,8,20H2,1H3,(H,21,24)(H,23,25)/b22-10-. The van der Waals surface area contributed by atoms with Crippen molar-refractivity contribution in [3.8, 4) is 0 Å². The first-order valence-electron chi connectivity index (χ1n) is 7.29. The van der Waals surface area contributed by atoms with E-state index in [0.717, 1.165) is 0 Å². The molecule has 2 aromatic carbocycles. The molecule has 0 spiro atoms. The highest BCUT2D eigenvalue weighted by atomic mass is 35.5. The number of anilines is 2. The topological polar surface area (TPSA) is 96.6 Å². The van der Waals surface area contributed by atoms with Gasteiger partial charge in [-0.15, -0.1) is 0 Å². The number of hydrogen-bond donors (Lipinski definition) is 3. The van der Waals surface area contributed by atoms with Gasteiger partial charge in [-0.3, -0.25) is 9.59 Å². The van der Waals surface area contributed by atoms with E-state index in [9.17, 15) is 9.59 Å². The molecule has 2 amide bonds. The number of nitrogens with zero attached hydrogens (tertiary/aromatic N) is 1. The van der Waals surface area contributed by atoms with E-state index in [-0.39, 0.29) is 12.3 Å². The number of benzene rings is 2. The van der Waals surface area contributed by atoms with Crippen molar-refractivity contribution in [3.05, 3.63) is 58.1 Å². The van der Waals surface area contributed by atoms with Crippen LogP contribution in [-0.4, -0.2) is 17.5 Å². The average molecular weight is 379 g/mol. The molecule has 6 nitrogen and oxygen atoms in total. The third-order valence-electron chi connectivity index (χ3n) is 3.18. The van der Waals surface area contributed by atoms with Crippen LogP contribution in [0.25, 0.3) is 0 Å². The molecule has 8 heteroatoms.